The molecule has 3 aromatic rings. The first-order valence-electron chi connectivity index (χ1n) is 13.3. The number of anilines is 1. The highest BCUT2D eigenvalue weighted by Crippen LogP contribution is 2.29. The van der Waals surface area contributed by atoms with E-state index in [-0.39, 0.29) is 18.5 Å². The lowest BCUT2D eigenvalue weighted by atomic mass is 10.1. The second-order valence-corrected chi connectivity index (χ2v) is 12.0. The molecule has 4 rings (SSSR count). The summed E-state index contributed by atoms with van der Waals surface area (Å²) in [5, 5.41) is 4.76. The number of hydrogen-bond acceptors (Lipinski definition) is 4. The minimum absolute atomic E-state index is 0.121. The van der Waals surface area contributed by atoms with E-state index >= 15 is 0 Å². The van der Waals surface area contributed by atoms with Gasteiger partial charge in [-0.3, -0.25) is 13.9 Å². The molecule has 3 aromatic carbocycles. The van der Waals surface area contributed by atoms with Gasteiger partial charge in [-0.25, -0.2) is 8.42 Å². The molecule has 1 atom stereocenters. The Morgan fingerprint density at radius 1 is 0.974 bits per heavy atom. The van der Waals surface area contributed by atoms with Crippen LogP contribution in [0.2, 0.25) is 0 Å². The van der Waals surface area contributed by atoms with Crippen LogP contribution in [0.3, 0.4) is 0 Å². The van der Waals surface area contributed by atoms with Gasteiger partial charge >= 0.3 is 0 Å². The van der Waals surface area contributed by atoms with Crippen LogP contribution in [-0.2, 0) is 26.2 Å². The number of benzene rings is 3. The molecule has 0 spiro atoms. The lowest BCUT2D eigenvalue weighted by Crippen LogP contribution is -2.53. The summed E-state index contributed by atoms with van der Waals surface area (Å²) < 4.78 is 27.2. The second-order valence-electron chi connectivity index (χ2n) is 10.1. The summed E-state index contributed by atoms with van der Waals surface area (Å²) in [6, 6.07) is 20.1. The Balaban J connectivity index is 1.69. The Morgan fingerprint density at radius 2 is 1.63 bits per heavy atom. The molecule has 1 N–H and O–H groups in total. The summed E-state index contributed by atoms with van der Waals surface area (Å²) >= 11 is 0. The van der Waals surface area contributed by atoms with Gasteiger partial charge in [-0.05, 0) is 48.8 Å². The first-order chi connectivity index (χ1) is 18.2. The number of aryl methyl sites for hydroxylation is 1. The van der Waals surface area contributed by atoms with Gasteiger partial charge in [0.05, 0.1) is 11.9 Å². The van der Waals surface area contributed by atoms with Crippen LogP contribution in [0, 0.1) is 6.92 Å². The van der Waals surface area contributed by atoms with Crippen molar-refractivity contribution in [2.75, 3.05) is 17.1 Å². The van der Waals surface area contributed by atoms with Crippen molar-refractivity contribution in [1.29, 1.82) is 0 Å². The summed E-state index contributed by atoms with van der Waals surface area (Å²) in [7, 11) is -3.81. The standard InChI is InChI=1S/C30H37N3O4S/c1-4-27(30(35)31-25-16-8-9-17-25)32(20-24-14-6-5-12-22(24)2)29(34)21-33(38(3,36)37)28-19-11-15-23-13-7-10-18-26(23)28/h5-7,10-15,18-19,25,27H,4,8-9,16-17,20-21H2,1-3H3,(H,31,35)/t27-/m1/s1. The fourth-order valence-corrected chi connectivity index (χ4v) is 6.14. The maximum atomic E-state index is 14.0. The van der Waals surface area contributed by atoms with Crippen LogP contribution in [0.5, 0.6) is 0 Å². The summed E-state index contributed by atoms with van der Waals surface area (Å²) in [5.74, 6) is -0.600. The zero-order valence-corrected chi connectivity index (χ0v) is 23.2. The Labute approximate surface area is 225 Å². The van der Waals surface area contributed by atoms with Crippen LogP contribution >= 0.6 is 0 Å². The Morgan fingerprint density at radius 3 is 2.32 bits per heavy atom. The highest BCUT2D eigenvalue weighted by molar-refractivity contribution is 7.92. The number of rotatable bonds is 10. The van der Waals surface area contributed by atoms with E-state index in [1.54, 1.807) is 17.0 Å². The van der Waals surface area contributed by atoms with Gasteiger partial charge in [0.1, 0.15) is 12.6 Å². The van der Waals surface area contributed by atoms with Gasteiger partial charge in [0, 0.05) is 18.0 Å². The number of carbonyl (C=O) groups excluding carboxylic acids is 2. The average molecular weight is 536 g/mol. The molecule has 0 aromatic heterocycles. The SMILES string of the molecule is CC[C@H](C(=O)NC1CCCC1)N(Cc1ccccc1C)C(=O)CN(c1cccc2ccccc12)S(C)(=O)=O. The molecule has 0 unspecified atom stereocenters. The Hall–Kier alpha value is -3.39. The molecule has 1 aliphatic rings. The summed E-state index contributed by atoms with van der Waals surface area (Å²) in [4.78, 5) is 29.0. The smallest absolute Gasteiger partial charge is 0.244 e. The van der Waals surface area contributed by atoms with E-state index in [2.05, 4.69) is 5.32 Å². The summed E-state index contributed by atoms with van der Waals surface area (Å²) in [5.41, 5.74) is 2.37. The molecule has 0 aliphatic heterocycles. The molecule has 0 saturated heterocycles. The predicted molar refractivity (Wildman–Crippen MR) is 152 cm³/mol. The van der Waals surface area contributed by atoms with E-state index in [9.17, 15) is 18.0 Å². The number of hydrogen-bond donors (Lipinski definition) is 1. The first-order valence-corrected chi connectivity index (χ1v) is 15.1. The third-order valence-electron chi connectivity index (χ3n) is 7.40. The topological polar surface area (TPSA) is 86.8 Å². The molecule has 0 radical (unpaired) electrons. The van der Waals surface area contributed by atoms with Gasteiger partial charge in [0.25, 0.3) is 0 Å². The van der Waals surface area contributed by atoms with E-state index in [0.717, 1.165) is 58.1 Å². The molecular formula is C30H37N3O4S. The maximum Gasteiger partial charge on any atom is 0.244 e. The molecule has 2 amide bonds. The zero-order chi connectivity index (χ0) is 27.3. The average Bonchev–Trinajstić information content (AvgIpc) is 3.40. The van der Waals surface area contributed by atoms with E-state index in [1.807, 2.05) is 68.4 Å². The number of fused-ring (bicyclic) bond motifs is 1. The van der Waals surface area contributed by atoms with Crippen molar-refractivity contribution >= 4 is 38.3 Å². The van der Waals surface area contributed by atoms with Gasteiger partial charge in [-0.15, -0.1) is 0 Å². The van der Waals surface area contributed by atoms with Crippen molar-refractivity contribution in [3.63, 3.8) is 0 Å². The molecule has 1 fully saturated rings. The minimum Gasteiger partial charge on any atom is -0.352 e. The molecule has 8 heteroatoms. The van der Waals surface area contributed by atoms with Crippen LogP contribution in [0.15, 0.2) is 66.7 Å². The molecular weight excluding hydrogens is 498 g/mol. The number of nitrogens with zero attached hydrogens (tertiary/aromatic N) is 2. The van der Waals surface area contributed by atoms with Crippen molar-refractivity contribution in [2.24, 2.45) is 0 Å². The molecule has 0 heterocycles. The molecule has 1 saturated carbocycles. The minimum atomic E-state index is -3.81. The van der Waals surface area contributed by atoms with E-state index < -0.39 is 28.5 Å². The number of nitrogens with one attached hydrogen (secondary N) is 1. The number of carbonyl (C=O) groups is 2. The Bertz CT molecular complexity index is 1390. The van der Waals surface area contributed by atoms with Crippen LogP contribution in [0.4, 0.5) is 5.69 Å². The lowest BCUT2D eigenvalue weighted by Gasteiger charge is -2.34. The predicted octanol–water partition coefficient (Wildman–Crippen LogP) is 4.78. The number of sulfonamides is 1. The highest BCUT2D eigenvalue weighted by atomic mass is 32.2. The maximum absolute atomic E-state index is 14.0. The normalized spacial score (nSPS) is 14.8. The zero-order valence-electron chi connectivity index (χ0n) is 22.4. The third kappa shape index (κ3) is 6.35. The van der Waals surface area contributed by atoms with E-state index in [1.165, 1.54) is 0 Å². The van der Waals surface area contributed by atoms with Crippen molar-refractivity contribution in [3.05, 3.63) is 77.9 Å². The quantitative estimate of drug-likeness (QED) is 0.405. The van der Waals surface area contributed by atoms with Crippen molar-refractivity contribution in [2.45, 2.75) is 64.6 Å². The molecule has 7 nitrogen and oxygen atoms in total. The fraction of sp³-hybridized carbons (Fsp3) is 0.400. The molecule has 1 aliphatic carbocycles. The number of amides is 2. The summed E-state index contributed by atoms with van der Waals surface area (Å²) in [6.07, 6.45) is 5.58. The van der Waals surface area contributed by atoms with E-state index in [4.69, 9.17) is 0 Å². The van der Waals surface area contributed by atoms with Crippen molar-refractivity contribution in [1.82, 2.24) is 10.2 Å². The molecule has 38 heavy (non-hydrogen) atoms. The monoisotopic (exact) mass is 535 g/mol. The lowest BCUT2D eigenvalue weighted by molar-refractivity contribution is -0.140. The van der Waals surface area contributed by atoms with Gasteiger partial charge in [-0.2, -0.15) is 0 Å². The fourth-order valence-electron chi connectivity index (χ4n) is 5.28. The van der Waals surface area contributed by atoms with Gasteiger partial charge in [0.15, 0.2) is 0 Å². The van der Waals surface area contributed by atoms with Gasteiger partial charge < -0.3 is 10.2 Å². The second kappa shape index (κ2) is 12.0. The van der Waals surface area contributed by atoms with Gasteiger partial charge in [0.2, 0.25) is 21.8 Å². The van der Waals surface area contributed by atoms with Crippen molar-refractivity contribution < 1.29 is 18.0 Å². The van der Waals surface area contributed by atoms with Gasteiger partial charge in [-0.1, -0.05) is 80.4 Å². The molecule has 0 bridgehead atoms. The van der Waals surface area contributed by atoms with E-state index in [0.29, 0.717) is 12.1 Å². The Kier molecular flexibility index (Phi) is 8.72. The van der Waals surface area contributed by atoms with Crippen LogP contribution < -0.4 is 9.62 Å². The van der Waals surface area contributed by atoms with Crippen LogP contribution in [0.1, 0.15) is 50.2 Å². The summed E-state index contributed by atoms with van der Waals surface area (Å²) in [6.45, 7) is 3.67. The van der Waals surface area contributed by atoms with Crippen LogP contribution in [-0.4, -0.2) is 50.0 Å². The van der Waals surface area contributed by atoms with Crippen molar-refractivity contribution in [3.8, 4) is 0 Å². The first kappa shape index (κ1) is 27.6. The highest BCUT2D eigenvalue weighted by Gasteiger charge is 2.33. The van der Waals surface area contributed by atoms with Crippen LogP contribution in [0.25, 0.3) is 10.8 Å². The third-order valence-corrected chi connectivity index (χ3v) is 8.53. The largest absolute Gasteiger partial charge is 0.352 e. The molecule has 202 valence electrons.